The highest BCUT2D eigenvalue weighted by molar-refractivity contribution is 7.15. The molecule has 0 bridgehead atoms. The second kappa shape index (κ2) is 7.33. The highest BCUT2D eigenvalue weighted by atomic mass is 32.1. The van der Waals surface area contributed by atoms with Crippen molar-refractivity contribution >= 4 is 23.3 Å². The van der Waals surface area contributed by atoms with Gasteiger partial charge in [0.1, 0.15) is 10.6 Å². The van der Waals surface area contributed by atoms with Gasteiger partial charge in [-0.15, -0.1) is 11.3 Å². The Balaban J connectivity index is 2.44. The number of nitrogens with zero attached hydrogens (tertiary/aromatic N) is 1. The fraction of sp³-hybridized carbons (Fsp3) is 0.389. The number of esters is 2. The van der Waals surface area contributed by atoms with Gasteiger partial charge in [-0.05, 0) is 33.3 Å². The van der Waals surface area contributed by atoms with Gasteiger partial charge in [-0.25, -0.2) is 14.6 Å². The number of aryl methyl sites for hydroxylation is 1. The third-order valence-corrected chi connectivity index (χ3v) is 4.42. The molecule has 2 N–H and O–H groups in total. The van der Waals surface area contributed by atoms with Crippen LogP contribution < -0.4 is 5.73 Å². The summed E-state index contributed by atoms with van der Waals surface area (Å²) in [6, 6.07) is 6.58. The molecule has 134 valence electrons. The Morgan fingerprint density at radius 1 is 1.28 bits per heavy atom. The van der Waals surface area contributed by atoms with Gasteiger partial charge in [-0.1, -0.05) is 29.8 Å². The molecule has 1 aromatic heterocycles. The third-order valence-electron chi connectivity index (χ3n) is 3.23. The number of ether oxygens (including phenoxy) is 2. The van der Waals surface area contributed by atoms with Crippen LogP contribution in [0.5, 0.6) is 0 Å². The first-order chi connectivity index (χ1) is 11.6. The van der Waals surface area contributed by atoms with Crippen LogP contribution in [-0.2, 0) is 14.3 Å². The molecule has 0 saturated heterocycles. The molecule has 0 aliphatic carbocycles. The molecule has 2 aromatic rings. The number of methoxy groups -OCH3 is 1. The second-order valence-electron chi connectivity index (χ2n) is 6.60. The smallest absolute Gasteiger partial charge is 0.358 e. The molecule has 0 amide bonds. The molecule has 0 fully saturated rings. The number of hydrogen-bond acceptors (Lipinski definition) is 7. The van der Waals surface area contributed by atoms with Crippen molar-refractivity contribution in [1.82, 2.24) is 4.98 Å². The summed E-state index contributed by atoms with van der Waals surface area (Å²) in [5.74, 6) is -1.16. The standard InChI is InChI=1S/C18H22N2O4S/c1-10-7-6-8-11(9-10)14-13(17(22)23-5)20-15(25-14)12(19)16(21)24-18(2,3)4/h6-9,12H,19H2,1-5H3. The van der Waals surface area contributed by atoms with Crippen molar-refractivity contribution in [3.63, 3.8) is 0 Å². The summed E-state index contributed by atoms with van der Waals surface area (Å²) in [4.78, 5) is 29.2. The molecule has 0 radical (unpaired) electrons. The predicted molar refractivity (Wildman–Crippen MR) is 96.4 cm³/mol. The van der Waals surface area contributed by atoms with Crippen molar-refractivity contribution in [2.24, 2.45) is 5.73 Å². The maximum absolute atomic E-state index is 12.2. The minimum atomic E-state index is -1.06. The van der Waals surface area contributed by atoms with Crippen LogP contribution in [0.25, 0.3) is 10.4 Å². The van der Waals surface area contributed by atoms with Gasteiger partial charge in [0, 0.05) is 0 Å². The van der Waals surface area contributed by atoms with Gasteiger partial charge in [-0.2, -0.15) is 0 Å². The summed E-state index contributed by atoms with van der Waals surface area (Å²) in [6.45, 7) is 7.24. The lowest BCUT2D eigenvalue weighted by molar-refractivity contribution is -0.156. The van der Waals surface area contributed by atoms with Gasteiger partial charge in [0.05, 0.1) is 12.0 Å². The number of benzene rings is 1. The fourth-order valence-electron chi connectivity index (χ4n) is 2.15. The van der Waals surface area contributed by atoms with Gasteiger partial charge in [-0.3, -0.25) is 0 Å². The number of nitrogens with two attached hydrogens (primary N) is 1. The van der Waals surface area contributed by atoms with Crippen LogP contribution in [0.3, 0.4) is 0 Å². The topological polar surface area (TPSA) is 91.5 Å². The molecule has 1 aromatic carbocycles. The molecule has 6 nitrogen and oxygen atoms in total. The van der Waals surface area contributed by atoms with Gasteiger partial charge >= 0.3 is 11.9 Å². The van der Waals surface area contributed by atoms with E-state index >= 15 is 0 Å². The van der Waals surface area contributed by atoms with Crippen molar-refractivity contribution in [2.45, 2.75) is 39.3 Å². The number of carbonyl (C=O) groups is 2. The van der Waals surface area contributed by atoms with Crippen LogP contribution in [0.1, 0.15) is 47.9 Å². The number of hydrogen-bond donors (Lipinski definition) is 1. The average Bonchev–Trinajstić information content (AvgIpc) is 2.97. The Hall–Kier alpha value is -2.25. The summed E-state index contributed by atoms with van der Waals surface area (Å²) in [7, 11) is 1.29. The van der Waals surface area contributed by atoms with E-state index in [4.69, 9.17) is 15.2 Å². The minimum Gasteiger partial charge on any atom is -0.464 e. The van der Waals surface area contributed by atoms with Crippen LogP contribution in [0, 0.1) is 6.92 Å². The van der Waals surface area contributed by atoms with E-state index < -0.39 is 23.6 Å². The average molecular weight is 362 g/mol. The Kier molecular flexibility index (Phi) is 5.59. The van der Waals surface area contributed by atoms with Crippen LogP contribution in [0.2, 0.25) is 0 Å². The Morgan fingerprint density at radius 2 is 1.96 bits per heavy atom. The molecule has 0 aliphatic rings. The van der Waals surface area contributed by atoms with Gasteiger partial charge in [0.25, 0.3) is 0 Å². The summed E-state index contributed by atoms with van der Waals surface area (Å²) < 4.78 is 10.1. The Labute approximate surface area is 151 Å². The number of aromatic nitrogens is 1. The maximum Gasteiger partial charge on any atom is 0.358 e. The first-order valence-electron chi connectivity index (χ1n) is 7.77. The summed E-state index contributed by atoms with van der Waals surface area (Å²) in [5.41, 5.74) is 7.35. The zero-order valence-electron chi connectivity index (χ0n) is 15.0. The molecule has 25 heavy (non-hydrogen) atoms. The van der Waals surface area contributed by atoms with Crippen molar-refractivity contribution in [2.75, 3.05) is 7.11 Å². The first kappa shape index (κ1) is 19.1. The fourth-order valence-corrected chi connectivity index (χ4v) is 3.19. The molecule has 0 aliphatic heterocycles. The highest BCUT2D eigenvalue weighted by Gasteiger charge is 2.29. The Morgan fingerprint density at radius 3 is 2.52 bits per heavy atom. The molecule has 0 spiro atoms. The quantitative estimate of drug-likeness (QED) is 0.840. The van der Waals surface area contributed by atoms with Gasteiger partial charge < -0.3 is 15.2 Å². The SMILES string of the molecule is COC(=O)c1nc(C(N)C(=O)OC(C)(C)C)sc1-c1cccc(C)c1. The van der Waals surface area contributed by atoms with E-state index in [0.717, 1.165) is 11.1 Å². The van der Waals surface area contributed by atoms with E-state index in [0.29, 0.717) is 9.88 Å². The summed E-state index contributed by atoms with van der Waals surface area (Å²) in [6.07, 6.45) is 0. The normalized spacial score (nSPS) is 12.6. The third kappa shape index (κ3) is 4.64. The Bertz CT molecular complexity index is 793. The zero-order chi connectivity index (χ0) is 18.8. The largest absolute Gasteiger partial charge is 0.464 e. The number of carbonyl (C=O) groups excluding carboxylic acids is 2. The molecular formula is C18H22N2O4S. The van der Waals surface area contributed by atoms with E-state index in [1.807, 2.05) is 31.2 Å². The van der Waals surface area contributed by atoms with Crippen LogP contribution in [-0.4, -0.2) is 29.6 Å². The minimum absolute atomic E-state index is 0.145. The highest BCUT2D eigenvalue weighted by Crippen LogP contribution is 2.34. The lowest BCUT2D eigenvalue weighted by Gasteiger charge is -2.21. The van der Waals surface area contributed by atoms with Crippen LogP contribution in [0.4, 0.5) is 0 Å². The molecular weight excluding hydrogens is 340 g/mol. The number of rotatable bonds is 4. The lowest BCUT2D eigenvalue weighted by atomic mass is 10.1. The summed E-state index contributed by atoms with van der Waals surface area (Å²) in [5, 5.41) is 0.311. The first-order valence-corrected chi connectivity index (χ1v) is 8.58. The molecule has 1 unspecified atom stereocenters. The molecule has 1 heterocycles. The zero-order valence-corrected chi connectivity index (χ0v) is 15.8. The van der Waals surface area contributed by atoms with Crippen LogP contribution >= 0.6 is 11.3 Å². The van der Waals surface area contributed by atoms with E-state index in [1.54, 1.807) is 20.8 Å². The van der Waals surface area contributed by atoms with Crippen molar-refractivity contribution < 1.29 is 19.1 Å². The monoisotopic (exact) mass is 362 g/mol. The predicted octanol–water partition coefficient (Wildman–Crippen LogP) is 3.25. The second-order valence-corrected chi connectivity index (χ2v) is 7.63. The van der Waals surface area contributed by atoms with E-state index in [2.05, 4.69) is 4.98 Å². The van der Waals surface area contributed by atoms with Crippen molar-refractivity contribution in [3.8, 4) is 10.4 Å². The molecule has 2 rings (SSSR count). The lowest BCUT2D eigenvalue weighted by Crippen LogP contribution is -2.31. The van der Waals surface area contributed by atoms with Gasteiger partial charge in [0.15, 0.2) is 11.7 Å². The maximum atomic E-state index is 12.2. The van der Waals surface area contributed by atoms with Crippen LogP contribution in [0.15, 0.2) is 24.3 Å². The van der Waals surface area contributed by atoms with E-state index in [1.165, 1.54) is 18.4 Å². The van der Waals surface area contributed by atoms with Gasteiger partial charge in [0.2, 0.25) is 0 Å². The molecule has 1 atom stereocenters. The molecule has 0 saturated carbocycles. The summed E-state index contributed by atoms with van der Waals surface area (Å²) >= 11 is 1.19. The van der Waals surface area contributed by atoms with E-state index in [9.17, 15) is 9.59 Å². The van der Waals surface area contributed by atoms with Crippen molar-refractivity contribution in [1.29, 1.82) is 0 Å². The van der Waals surface area contributed by atoms with Crippen molar-refractivity contribution in [3.05, 3.63) is 40.5 Å². The number of thiazole rings is 1. The molecule has 7 heteroatoms. The van der Waals surface area contributed by atoms with E-state index in [-0.39, 0.29) is 5.69 Å².